The number of carbonyl (C=O) groups is 2. The van der Waals surface area contributed by atoms with Crippen LogP contribution in [0.15, 0.2) is 48.5 Å². The smallest absolute Gasteiger partial charge is 0.242 e. The summed E-state index contributed by atoms with van der Waals surface area (Å²) in [6, 6.07) is 14.0. The zero-order valence-electron chi connectivity index (χ0n) is 22.2. The van der Waals surface area contributed by atoms with Crippen molar-refractivity contribution in [2.75, 3.05) is 23.7 Å². The van der Waals surface area contributed by atoms with E-state index in [0.29, 0.717) is 24.6 Å². The van der Waals surface area contributed by atoms with Crippen LogP contribution in [0.2, 0.25) is 0 Å². The van der Waals surface area contributed by atoms with Gasteiger partial charge in [-0.3, -0.25) is 13.9 Å². The molecule has 2 rings (SSSR count). The van der Waals surface area contributed by atoms with Crippen LogP contribution in [0.3, 0.4) is 0 Å². The summed E-state index contributed by atoms with van der Waals surface area (Å²) in [4.78, 5) is 27.7. The highest BCUT2D eigenvalue weighted by atomic mass is 32.2. The summed E-state index contributed by atoms with van der Waals surface area (Å²) in [5, 5.41) is 2.88. The molecule has 1 atom stereocenters. The predicted molar refractivity (Wildman–Crippen MR) is 144 cm³/mol. The second-order valence-corrected chi connectivity index (χ2v) is 11.0. The van der Waals surface area contributed by atoms with Crippen molar-refractivity contribution in [1.82, 2.24) is 10.2 Å². The Morgan fingerprint density at radius 2 is 1.67 bits per heavy atom. The molecule has 0 aliphatic carbocycles. The third kappa shape index (κ3) is 8.26. The van der Waals surface area contributed by atoms with Crippen LogP contribution in [-0.2, 0) is 26.2 Å². The van der Waals surface area contributed by atoms with E-state index >= 15 is 0 Å². The Morgan fingerprint density at radius 1 is 1.03 bits per heavy atom. The van der Waals surface area contributed by atoms with E-state index in [4.69, 9.17) is 4.74 Å². The van der Waals surface area contributed by atoms with Crippen molar-refractivity contribution in [3.05, 3.63) is 59.7 Å². The largest absolute Gasteiger partial charge is 0.492 e. The number of nitrogens with zero attached hydrogens (tertiary/aromatic N) is 2. The first-order valence-corrected chi connectivity index (χ1v) is 14.1. The van der Waals surface area contributed by atoms with E-state index in [1.165, 1.54) is 4.31 Å². The summed E-state index contributed by atoms with van der Waals surface area (Å²) in [7, 11) is -3.61. The summed E-state index contributed by atoms with van der Waals surface area (Å²) in [5.41, 5.74) is 2.43. The van der Waals surface area contributed by atoms with Crippen molar-refractivity contribution in [3.8, 4) is 5.75 Å². The van der Waals surface area contributed by atoms with Gasteiger partial charge >= 0.3 is 0 Å². The quantitative estimate of drug-likeness (QED) is 0.435. The number of hydrogen-bond acceptors (Lipinski definition) is 5. The van der Waals surface area contributed by atoms with Gasteiger partial charge < -0.3 is 15.0 Å². The van der Waals surface area contributed by atoms with Crippen molar-refractivity contribution in [1.29, 1.82) is 0 Å². The van der Waals surface area contributed by atoms with Crippen molar-refractivity contribution in [3.63, 3.8) is 0 Å². The van der Waals surface area contributed by atoms with Crippen LogP contribution < -0.4 is 14.4 Å². The van der Waals surface area contributed by atoms with E-state index in [2.05, 4.69) is 5.32 Å². The Labute approximate surface area is 215 Å². The molecule has 9 heteroatoms. The average molecular weight is 518 g/mol. The van der Waals surface area contributed by atoms with Gasteiger partial charge in [0.2, 0.25) is 21.8 Å². The van der Waals surface area contributed by atoms with Gasteiger partial charge in [-0.25, -0.2) is 8.42 Å². The molecule has 0 fully saturated rings. The monoisotopic (exact) mass is 517 g/mol. The first kappa shape index (κ1) is 29.2. The topological polar surface area (TPSA) is 96.0 Å². The van der Waals surface area contributed by atoms with Gasteiger partial charge in [0.15, 0.2) is 0 Å². The number of rotatable bonds is 13. The van der Waals surface area contributed by atoms with Crippen molar-refractivity contribution in [2.24, 2.45) is 0 Å². The standard InChI is InChI=1S/C27H39N3O5S/c1-7-35-25-16-11-10-15-24(25)30(36(6,33)34)18-12-17-26(31)29(22(5)27(32)28-20(2)3)19-23-14-9-8-13-21(23)4/h8-11,13-16,20,22H,7,12,17-19H2,1-6H3,(H,28,32)/t22-/m0/s1. The van der Waals surface area contributed by atoms with E-state index in [-0.39, 0.29) is 37.2 Å². The molecule has 0 aromatic heterocycles. The van der Waals surface area contributed by atoms with Gasteiger partial charge in [0, 0.05) is 25.6 Å². The molecule has 0 saturated carbocycles. The molecule has 2 amide bonds. The van der Waals surface area contributed by atoms with Crippen molar-refractivity contribution in [2.45, 2.75) is 66.1 Å². The molecule has 36 heavy (non-hydrogen) atoms. The molecule has 0 saturated heterocycles. The normalized spacial score (nSPS) is 12.2. The lowest BCUT2D eigenvalue weighted by molar-refractivity contribution is -0.140. The van der Waals surface area contributed by atoms with Gasteiger partial charge in [0.05, 0.1) is 18.6 Å². The molecule has 0 unspecified atom stereocenters. The Morgan fingerprint density at radius 3 is 2.28 bits per heavy atom. The molecule has 0 aliphatic heterocycles. The van der Waals surface area contributed by atoms with E-state index in [1.807, 2.05) is 52.0 Å². The molecule has 2 aromatic rings. The summed E-state index contributed by atoms with van der Waals surface area (Å²) < 4.78 is 32.1. The number of aryl methyl sites for hydroxylation is 1. The van der Waals surface area contributed by atoms with Crippen LogP contribution >= 0.6 is 0 Å². The van der Waals surface area contributed by atoms with Gasteiger partial charge in [-0.15, -0.1) is 0 Å². The molecule has 0 spiro atoms. The summed E-state index contributed by atoms with van der Waals surface area (Å²) in [6.07, 6.45) is 1.52. The van der Waals surface area contributed by atoms with E-state index < -0.39 is 16.1 Å². The predicted octanol–water partition coefficient (Wildman–Crippen LogP) is 3.88. The SMILES string of the molecule is CCOc1ccccc1N(CCCC(=O)N(Cc1ccccc1C)[C@@H](C)C(=O)NC(C)C)S(C)(=O)=O. The number of sulfonamides is 1. The maximum absolute atomic E-state index is 13.4. The molecule has 8 nitrogen and oxygen atoms in total. The molecule has 0 bridgehead atoms. The lowest BCUT2D eigenvalue weighted by Crippen LogP contribution is -2.49. The van der Waals surface area contributed by atoms with Gasteiger partial charge in [0.25, 0.3) is 0 Å². The van der Waals surface area contributed by atoms with Gasteiger partial charge in [-0.1, -0.05) is 36.4 Å². The van der Waals surface area contributed by atoms with Crippen LogP contribution in [0.1, 0.15) is 51.7 Å². The number of anilines is 1. The number of para-hydroxylation sites is 2. The third-order valence-electron chi connectivity index (χ3n) is 5.79. The number of benzene rings is 2. The van der Waals surface area contributed by atoms with Crippen LogP contribution in [0.5, 0.6) is 5.75 Å². The molecule has 0 radical (unpaired) electrons. The Bertz CT molecular complexity index is 1130. The Hall–Kier alpha value is -3.07. The highest BCUT2D eigenvalue weighted by Gasteiger charge is 2.27. The maximum Gasteiger partial charge on any atom is 0.242 e. The van der Waals surface area contributed by atoms with Gasteiger partial charge in [-0.05, 0) is 64.3 Å². The number of ether oxygens (including phenoxy) is 1. The second kappa shape index (κ2) is 13.3. The Kier molecular flexibility index (Phi) is 10.8. The van der Waals surface area contributed by atoms with Crippen LogP contribution in [-0.4, -0.2) is 56.6 Å². The van der Waals surface area contributed by atoms with Crippen molar-refractivity contribution < 1.29 is 22.7 Å². The minimum Gasteiger partial charge on any atom is -0.492 e. The second-order valence-electron chi connectivity index (χ2n) is 9.13. The third-order valence-corrected chi connectivity index (χ3v) is 6.97. The first-order valence-electron chi connectivity index (χ1n) is 12.3. The molecular formula is C27H39N3O5S. The number of amides is 2. The molecule has 0 aliphatic rings. The van der Waals surface area contributed by atoms with Gasteiger partial charge in [-0.2, -0.15) is 0 Å². The fourth-order valence-electron chi connectivity index (χ4n) is 3.88. The van der Waals surface area contributed by atoms with E-state index in [0.717, 1.165) is 17.4 Å². The fraction of sp³-hybridized carbons (Fsp3) is 0.481. The van der Waals surface area contributed by atoms with E-state index in [1.54, 1.807) is 36.1 Å². The zero-order chi connectivity index (χ0) is 26.9. The summed E-state index contributed by atoms with van der Waals surface area (Å²) >= 11 is 0. The maximum atomic E-state index is 13.4. The average Bonchev–Trinajstić information content (AvgIpc) is 2.80. The molecule has 1 N–H and O–H groups in total. The number of carbonyl (C=O) groups excluding carboxylic acids is 2. The molecule has 2 aromatic carbocycles. The number of hydrogen-bond donors (Lipinski definition) is 1. The lowest BCUT2D eigenvalue weighted by atomic mass is 10.1. The number of nitrogens with one attached hydrogen (secondary N) is 1. The van der Waals surface area contributed by atoms with E-state index in [9.17, 15) is 18.0 Å². The fourth-order valence-corrected chi connectivity index (χ4v) is 4.85. The highest BCUT2D eigenvalue weighted by molar-refractivity contribution is 7.92. The van der Waals surface area contributed by atoms with Gasteiger partial charge in [0.1, 0.15) is 11.8 Å². The van der Waals surface area contributed by atoms with Crippen LogP contribution in [0.25, 0.3) is 0 Å². The highest BCUT2D eigenvalue weighted by Crippen LogP contribution is 2.30. The minimum atomic E-state index is -3.61. The van der Waals surface area contributed by atoms with Crippen LogP contribution in [0.4, 0.5) is 5.69 Å². The lowest BCUT2D eigenvalue weighted by Gasteiger charge is -2.30. The molecule has 198 valence electrons. The van der Waals surface area contributed by atoms with Crippen molar-refractivity contribution >= 4 is 27.5 Å². The summed E-state index contributed by atoms with van der Waals surface area (Å²) in [5.74, 6) is 0.0310. The first-order chi connectivity index (χ1) is 17.0. The zero-order valence-corrected chi connectivity index (χ0v) is 23.0. The molecular weight excluding hydrogens is 478 g/mol. The Balaban J connectivity index is 2.22. The minimum absolute atomic E-state index is 0.0518. The van der Waals surface area contributed by atoms with Crippen LogP contribution in [0, 0.1) is 6.92 Å². The molecule has 0 heterocycles. The summed E-state index contributed by atoms with van der Waals surface area (Å²) in [6.45, 7) is 10.1.